The number of benzene rings is 1. The summed E-state index contributed by atoms with van der Waals surface area (Å²) in [5.41, 5.74) is 2.11. The zero-order valence-corrected chi connectivity index (χ0v) is 15.4. The summed E-state index contributed by atoms with van der Waals surface area (Å²) in [4.78, 5) is 23.6. The van der Waals surface area contributed by atoms with Gasteiger partial charge in [0.2, 0.25) is 0 Å². The first-order chi connectivity index (χ1) is 11.2. The Kier molecular flexibility index (Phi) is 7.75. The fourth-order valence-corrected chi connectivity index (χ4v) is 2.21. The molecule has 2 atom stereocenters. The lowest BCUT2D eigenvalue weighted by Crippen LogP contribution is -2.31. The second-order valence-electron chi connectivity index (χ2n) is 6.68. The fraction of sp³-hybridized carbons (Fsp3) is 0.579. The Balaban J connectivity index is 2.73. The first-order valence-corrected chi connectivity index (χ1v) is 8.28. The third-order valence-corrected chi connectivity index (χ3v) is 3.63. The van der Waals surface area contributed by atoms with E-state index in [0.717, 1.165) is 12.0 Å². The molecule has 0 aliphatic heterocycles. The number of carbonyl (C=O) groups is 2. The molecule has 134 valence electrons. The summed E-state index contributed by atoms with van der Waals surface area (Å²) >= 11 is 0. The van der Waals surface area contributed by atoms with E-state index in [0.29, 0.717) is 5.92 Å². The Hall–Kier alpha value is -2.04. The van der Waals surface area contributed by atoms with E-state index in [-0.39, 0.29) is 5.92 Å². The van der Waals surface area contributed by atoms with Gasteiger partial charge in [0, 0.05) is 5.92 Å². The Morgan fingerprint density at radius 3 is 2.00 bits per heavy atom. The number of methoxy groups -OCH3 is 1. The molecule has 0 aliphatic carbocycles. The summed E-state index contributed by atoms with van der Waals surface area (Å²) in [7, 11) is 1.21. The van der Waals surface area contributed by atoms with Crippen molar-refractivity contribution in [1.82, 2.24) is 0 Å². The first-order valence-electron chi connectivity index (χ1n) is 8.28. The van der Waals surface area contributed by atoms with Gasteiger partial charge < -0.3 is 14.2 Å². The molecule has 0 heterocycles. The molecular weight excluding hydrogens is 308 g/mol. The SMILES string of the molecule is COC(=O)OC(OC(=O)C(C)c1ccc(CC(C)C)cc1)C(C)C. The van der Waals surface area contributed by atoms with Crippen molar-refractivity contribution >= 4 is 12.1 Å². The van der Waals surface area contributed by atoms with Crippen molar-refractivity contribution in [3.05, 3.63) is 35.4 Å². The maximum absolute atomic E-state index is 12.3. The van der Waals surface area contributed by atoms with E-state index in [4.69, 9.17) is 9.47 Å². The zero-order chi connectivity index (χ0) is 18.3. The zero-order valence-electron chi connectivity index (χ0n) is 15.4. The molecule has 0 saturated heterocycles. The smallest absolute Gasteiger partial charge is 0.438 e. The second-order valence-corrected chi connectivity index (χ2v) is 6.68. The summed E-state index contributed by atoms with van der Waals surface area (Å²) in [5.74, 6) is -0.469. The van der Waals surface area contributed by atoms with Crippen molar-refractivity contribution in [2.45, 2.75) is 53.2 Å². The number of rotatable bonds is 7. The molecule has 5 heteroatoms. The third-order valence-electron chi connectivity index (χ3n) is 3.63. The lowest BCUT2D eigenvalue weighted by Gasteiger charge is -2.22. The first kappa shape index (κ1) is 20.0. The van der Waals surface area contributed by atoms with Crippen LogP contribution in [0, 0.1) is 11.8 Å². The second kappa shape index (κ2) is 9.30. The predicted octanol–water partition coefficient (Wildman–Crippen LogP) is 4.30. The molecule has 0 aliphatic rings. The van der Waals surface area contributed by atoms with Crippen molar-refractivity contribution in [3.8, 4) is 0 Å². The Labute approximate surface area is 144 Å². The highest BCUT2D eigenvalue weighted by molar-refractivity contribution is 5.78. The lowest BCUT2D eigenvalue weighted by atomic mass is 9.97. The van der Waals surface area contributed by atoms with E-state index in [1.165, 1.54) is 12.7 Å². The van der Waals surface area contributed by atoms with Gasteiger partial charge in [-0.05, 0) is 30.4 Å². The monoisotopic (exact) mass is 336 g/mol. The normalized spacial score (nSPS) is 13.5. The molecule has 0 spiro atoms. The molecule has 0 fully saturated rings. The summed E-state index contributed by atoms with van der Waals surface area (Å²) < 4.78 is 14.8. The Bertz CT molecular complexity index is 533. The van der Waals surface area contributed by atoms with Crippen LogP contribution in [0.2, 0.25) is 0 Å². The number of hydrogen-bond acceptors (Lipinski definition) is 5. The van der Waals surface area contributed by atoms with Crippen LogP contribution in [-0.4, -0.2) is 25.5 Å². The maximum atomic E-state index is 12.3. The van der Waals surface area contributed by atoms with Crippen LogP contribution in [0.4, 0.5) is 4.79 Å². The van der Waals surface area contributed by atoms with Crippen LogP contribution in [0.25, 0.3) is 0 Å². The molecule has 1 aromatic carbocycles. The molecule has 1 aromatic rings. The molecule has 0 radical (unpaired) electrons. The van der Waals surface area contributed by atoms with E-state index in [9.17, 15) is 9.59 Å². The van der Waals surface area contributed by atoms with Crippen LogP contribution in [0.5, 0.6) is 0 Å². The van der Waals surface area contributed by atoms with Gasteiger partial charge in [0.15, 0.2) is 0 Å². The topological polar surface area (TPSA) is 61.8 Å². The van der Waals surface area contributed by atoms with E-state index >= 15 is 0 Å². The summed E-state index contributed by atoms with van der Waals surface area (Å²) in [6.07, 6.45) is -0.832. The van der Waals surface area contributed by atoms with E-state index in [2.05, 4.69) is 18.6 Å². The van der Waals surface area contributed by atoms with Crippen molar-refractivity contribution < 1.29 is 23.8 Å². The van der Waals surface area contributed by atoms with Crippen LogP contribution in [0.3, 0.4) is 0 Å². The van der Waals surface area contributed by atoms with Crippen molar-refractivity contribution in [1.29, 1.82) is 0 Å². The number of esters is 1. The largest absolute Gasteiger partial charge is 0.511 e. The summed E-state index contributed by atoms with van der Waals surface area (Å²) in [6, 6.07) is 7.94. The van der Waals surface area contributed by atoms with Gasteiger partial charge in [-0.15, -0.1) is 0 Å². The van der Waals surface area contributed by atoms with Gasteiger partial charge in [0.05, 0.1) is 13.0 Å². The molecule has 5 nitrogen and oxygen atoms in total. The highest BCUT2D eigenvalue weighted by atomic mass is 16.8. The number of carbonyl (C=O) groups excluding carboxylic acids is 2. The van der Waals surface area contributed by atoms with Gasteiger partial charge >= 0.3 is 12.1 Å². The minimum absolute atomic E-state index is 0.173. The van der Waals surface area contributed by atoms with E-state index < -0.39 is 24.3 Å². The number of hydrogen-bond donors (Lipinski definition) is 0. The molecule has 0 bridgehead atoms. The Morgan fingerprint density at radius 2 is 1.54 bits per heavy atom. The minimum Gasteiger partial charge on any atom is -0.438 e. The van der Waals surface area contributed by atoms with Gasteiger partial charge in [-0.2, -0.15) is 0 Å². The molecule has 0 aromatic heterocycles. The van der Waals surface area contributed by atoms with E-state index in [1.54, 1.807) is 20.8 Å². The highest BCUT2D eigenvalue weighted by Gasteiger charge is 2.26. The fourth-order valence-electron chi connectivity index (χ4n) is 2.21. The minimum atomic E-state index is -0.965. The molecule has 0 amide bonds. The molecular formula is C19H28O5. The molecule has 1 rings (SSSR count). The van der Waals surface area contributed by atoms with Crippen LogP contribution < -0.4 is 0 Å². The molecule has 24 heavy (non-hydrogen) atoms. The average Bonchev–Trinajstić information content (AvgIpc) is 2.53. The highest BCUT2D eigenvalue weighted by Crippen LogP contribution is 2.21. The third kappa shape index (κ3) is 6.22. The van der Waals surface area contributed by atoms with Crippen LogP contribution in [-0.2, 0) is 25.4 Å². The van der Waals surface area contributed by atoms with Gasteiger partial charge in [0.1, 0.15) is 0 Å². The molecule has 0 saturated carbocycles. The van der Waals surface area contributed by atoms with Crippen LogP contribution in [0.1, 0.15) is 51.7 Å². The molecule has 2 unspecified atom stereocenters. The Morgan fingerprint density at radius 1 is 0.958 bits per heavy atom. The quantitative estimate of drug-likeness (QED) is 0.549. The van der Waals surface area contributed by atoms with E-state index in [1.807, 2.05) is 24.3 Å². The summed E-state index contributed by atoms with van der Waals surface area (Å²) in [5, 5.41) is 0. The maximum Gasteiger partial charge on any atom is 0.511 e. The van der Waals surface area contributed by atoms with Crippen molar-refractivity contribution in [2.24, 2.45) is 11.8 Å². The van der Waals surface area contributed by atoms with Crippen molar-refractivity contribution in [2.75, 3.05) is 7.11 Å². The van der Waals surface area contributed by atoms with Crippen LogP contribution >= 0.6 is 0 Å². The van der Waals surface area contributed by atoms with Crippen molar-refractivity contribution in [3.63, 3.8) is 0 Å². The summed E-state index contributed by atoms with van der Waals surface area (Å²) in [6.45, 7) is 9.70. The predicted molar refractivity (Wildman–Crippen MR) is 91.6 cm³/mol. The average molecular weight is 336 g/mol. The van der Waals surface area contributed by atoms with Gasteiger partial charge in [-0.25, -0.2) is 4.79 Å². The standard InChI is InChI=1S/C19H28O5/c1-12(2)11-15-7-9-16(10-8-15)14(5)17(20)23-18(13(3)4)24-19(21)22-6/h7-10,12-14,18H,11H2,1-6H3. The number of ether oxygens (including phenoxy) is 3. The van der Waals surface area contributed by atoms with Gasteiger partial charge in [-0.3, -0.25) is 4.79 Å². The lowest BCUT2D eigenvalue weighted by molar-refractivity contribution is -0.180. The van der Waals surface area contributed by atoms with Crippen LogP contribution in [0.15, 0.2) is 24.3 Å². The van der Waals surface area contributed by atoms with Gasteiger partial charge in [0.25, 0.3) is 6.29 Å². The molecule has 0 N–H and O–H groups in total. The van der Waals surface area contributed by atoms with Gasteiger partial charge in [-0.1, -0.05) is 52.0 Å².